The quantitative estimate of drug-likeness (QED) is 0.406. The average molecular weight is 461 g/mol. The van der Waals surface area contributed by atoms with Crippen LogP contribution in [0.3, 0.4) is 0 Å². The Bertz CT molecular complexity index is 1390. The Morgan fingerprint density at radius 3 is 2.57 bits per heavy atom. The second-order valence-electron chi connectivity index (χ2n) is 7.44. The molecule has 1 aliphatic rings. The minimum absolute atomic E-state index is 0.0737. The maximum absolute atomic E-state index is 13.6. The number of amides is 1. The predicted molar refractivity (Wildman–Crippen MR) is 119 cm³/mol. The lowest BCUT2D eigenvalue weighted by atomic mass is 9.98. The predicted octanol–water partition coefficient (Wildman–Crippen LogP) is 5.32. The molecule has 0 fully saturated rings. The van der Waals surface area contributed by atoms with E-state index in [1.165, 1.54) is 0 Å². The van der Waals surface area contributed by atoms with Crippen molar-refractivity contribution in [3.8, 4) is 0 Å². The molecule has 1 aliphatic heterocycles. The van der Waals surface area contributed by atoms with Crippen molar-refractivity contribution in [1.82, 2.24) is 4.98 Å². The molecule has 0 spiro atoms. The Kier molecular flexibility index (Phi) is 4.33. The minimum atomic E-state index is -0.625. The summed E-state index contributed by atoms with van der Waals surface area (Å²) in [5, 5.41) is 0.473. The first-order valence-electron chi connectivity index (χ1n) is 9.54. The molecular formula is C24H17BrN2O3. The van der Waals surface area contributed by atoms with Gasteiger partial charge in [-0.2, -0.15) is 0 Å². The summed E-state index contributed by atoms with van der Waals surface area (Å²) in [4.78, 5) is 33.1. The second-order valence-corrected chi connectivity index (χ2v) is 8.36. The van der Waals surface area contributed by atoms with Gasteiger partial charge in [0, 0.05) is 10.2 Å². The topological polar surface area (TPSA) is 63.4 Å². The number of benzene rings is 2. The normalized spacial score (nSPS) is 15.6. The molecule has 0 saturated heterocycles. The lowest BCUT2D eigenvalue weighted by Crippen LogP contribution is -2.30. The van der Waals surface area contributed by atoms with Gasteiger partial charge in [-0.15, -0.1) is 0 Å². The van der Waals surface area contributed by atoms with E-state index in [9.17, 15) is 9.59 Å². The van der Waals surface area contributed by atoms with Crippen LogP contribution in [-0.2, 0) is 0 Å². The number of aryl methyl sites for hydroxylation is 2. The number of aromatic nitrogens is 1. The molecule has 5 rings (SSSR count). The molecule has 5 nitrogen and oxygen atoms in total. The summed E-state index contributed by atoms with van der Waals surface area (Å²) in [5.41, 5.74) is 3.10. The molecule has 0 bridgehead atoms. The van der Waals surface area contributed by atoms with Gasteiger partial charge in [-0.25, -0.2) is 4.98 Å². The van der Waals surface area contributed by atoms with Gasteiger partial charge < -0.3 is 4.42 Å². The number of hydrogen-bond donors (Lipinski definition) is 0. The zero-order valence-electron chi connectivity index (χ0n) is 16.3. The Balaban J connectivity index is 1.84. The maximum Gasteiger partial charge on any atom is 0.296 e. The molecule has 3 heterocycles. The van der Waals surface area contributed by atoms with Gasteiger partial charge in [0.1, 0.15) is 11.4 Å². The van der Waals surface area contributed by atoms with E-state index in [1.54, 1.807) is 23.1 Å². The van der Waals surface area contributed by atoms with Gasteiger partial charge in [0.2, 0.25) is 5.76 Å². The lowest BCUT2D eigenvalue weighted by Gasteiger charge is -2.24. The van der Waals surface area contributed by atoms with Crippen LogP contribution in [0.4, 0.5) is 5.82 Å². The third-order valence-corrected chi connectivity index (χ3v) is 5.80. The second kappa shape index (κ2) is 6.92. The van der Waals surface area contributed by atoms with E-state index in [1.807, 2.05) is 56.3 Å². The molecule has 4 aromatic rings. The molecular weight excluding hydrogens is 444 g/mol. The van der Waals surface area contributed by atoms with Crippen molar-refractivity contribution in [2.75, 3.05) is 4.90 Å². The van der Waals surface area contributed by atoms with Crippen LogP contribution in [0.15, 0.2) is 74.3 Å². The summed E-state index contributed by atoms with van der Waals surface area (Å²) in [6, 6.07) is 17.9. The van der Waals surface area contributed by atoms with E-state index in [2.05, 4.69) is 20.9 Å². The van der Waals surface area contributed by atoms with Gasteiger partial charge in [0.15, 0.2) is 5.43 Å². The largest absolute Gasteiger partial charge is 0.450 e. The first-order chi connectivity index (χ1) is 14.4. The van der Waals surface area contributed by atoms with Crippen molar-refractivity contribution in [3.05, 3.63) is 104 Å². The maximum atomic E-state index is 13.6. The third kappa shape index (κ3) is 2.87. The lowest BCUT2D eigenvalue weighted by molar-refractivity contribution is 0.0970. The fourth-order valence-electron chi connectivity index (χ4n) is 3.98. The number of hydrogen-bond acceptors (Lipinski definition) is 4. The molecule has 0 aliphatic carbocycles. The van der Waals surface area contributed by atoms with E-state index in [4.69, 9.17) is 4.42 Å². The van der Waals surface area contributed by atoms with Crippen molar-refractivity contribution >= 4 is 38.6 Å². The highest BCUT2D eigenvalue weighted by atomic mass is 79.9. The van der Waals surface area contributed by atoms with Crippen LogP contribution in [0.25, 0.3) is 11.0 Å². The zero-order chi connectivity index (χ0) is 21.0. The summed E-state index contributed by atoms with van der Waals surface area (Å²) in [7, 11) is 0. The smallest absolute Gasteiger partial charge is 0.296 e. The highest BCUT2D eigenvalue weighted by molar-refractivity contribution is 9.10. The van der Waals surface area contributed by atoms with Crippen molar-refractivity contribution in [3.63, 3.8) is 0 Å². The fourth-order valence-corrected chi connectivity index (χ4v) is 4.39. The number of anilines is 1. The Morgan fingerprint density at radius 2 is 1.80 bits per heavy atom. The van der Waals surface area contributed by atoms with Crippen LogP contribution in [0.1, 0.15) is 39.0 Å². The summed E-state index contributed by atoms with van der Waals surface area (Å²) >= 11 is 3.50. The molecule has 1 atom stereocenters. The van der Waals surface area contributed by atoms with E-state index >= 15 is 0 Å². The fraction of sp³-hybridized carbons (Fsp3) is 0.125. The number of rotatable bonds is 2. The molecule has 0 unspecified atom stereocenters. The van der Waals surface area contributed by atoms with Crippen molar-refractivity contribution in [1.29, 1.82) is 0 Å². The standard InChI is InChI=1S/C24H17BrN2O3/c1-13-9-10-18-17(11-13)22(28)20-21(15-6-4-7-16(25)12-15)27(24(29)23(20)30-18)19-8-3-5-14(2)26-19/h3-12,21H,1-2H3/t21-/m0/s1. The van der Waals surface area contributed by atoms with Crippen LogP contribution in [0.5, 0.6) is 0 Å². The Labute approximate surface area is 181 Å². The summed E-state index contributed by atoms with van der Waals surface area (Å²) in [6.07, 6.45) is 0. The van der Waals surface area contributed by atoms with Crippen LogP contribution in [0, 0.1) is 13.8 Å². The molecule has 6 heteroatoms. The SMILES string of the molecule is Cc1ccc2oc3c(c(=O)c2c1)[C@H](c1cccc(Br)c1)N(c1cccc(C)n1)C3=O. The van der Waals surface area contributed by atoms with Gasteiger partial charge in [-0.05, 0) is 55.8 Å². The Morgan fingerprint density at radius 1 is 1.00 bits per heavy atom. The van der Waals surface area contributed by atoms with Crippen molar-refractivity contribution in [2.45, 2.75) is 19.9 Å². The van der Waals surface area contributed by atoms with Crippen LogP contribution in [-0.4, -0.2) is 10.9 Å². The molecule has 30 heavy (non-hydrogen) atoms. The van der Waals surface area contributed by atoms with Crippen molar-refractivity contribution < 1.29 is 9.21 Å². The number of carbonyl (C=O) groups excluding carboxylic acids is 1. The molecule has 0 radical (unpaired) electrons. The Hall–Kier alpha value is -3.25. The van der Waals surface area contributed by atoms with E-state index in [0.717, 1.165) is 21.3 Å². The third-order valence-electron chi connectivity index (χ3n) is 5.31. The number of fused-ring (bicyclic) bond motifs is 2. The zero-order valence-corrected chi connectivity index (χ0v) is 17.9. The van der Waals surface area contributed by atoms with Gasteiger partial charge in [0.25, 0.3) is 5.91 Å². The van der Waals surface area contributed by atoms with Gasteiger partial charge >= 0.3 is 0 Å². The first-order valence-corrected chi connectivity index (χ1v) is 10.3. The molecule has 2 aromatic carbocycles. The molecule has 1 amide bonds. The highest BCUT2D eigenvalue weighted by Crippen LogP contribution is 2.41. The van der Waals surface area contributed by atoms with Crippen LogP contribution >= 0.6 is 15.9 Å². The number of carbonyl (C=O) groups is 1. The molecule has 2 aromatic heterocycles. The van der Waals surface area contributed by atoms with Crippen LogP contribution in [0.2, 0.25) is 0 Å². The average Bonchev–Trinajstić information content (AvgIpc) is 3.01. The number of halogens is 1. The van der Waals surface area contributed by atoms with E-state index in [-0.39, 0.29) is 17.1 Å². The molecule has 148 valence electrons. The minimum Gasteiger partial charge on any atom is -0.450 e. The molecule has 0 N–H and O–H groups in total. The van der Waals surface area contributed by atoms with E-state index in [0.29, 0.717) is 22.4 Å². The monoisotopic (exact) mass is 460 g/mol. The van der Waals surface area contributed by atoms with E-state index < -0.39 is 6.04 Å². The van der Waals surface area contributed by atoms with Gasteiger partial charge in [-0.3, -0.25) is 14.5 Å². The first kappa shape index (κ1) is 18.8. The highest BCUT2D eigenvalue weighted by Gasteiger charge is 2.44. The van der Waals surface area contributed by atoms with Gasteiger partial charge in [-0.1, -0.05) is 45.8 Å². The number of pyridine rings is 1. The summed E-state index contributed by atoms with van der Waals surface area (Å²) in [5.74, 6) is 0.188. The summed E-state index contributed by atoms with van der Waals surface area (Å²) in [6.45, 7) is 3.79. The van der Waals surface area contributed by atoms with Crippen molar-refractivity contribution in [2.24, 2.45) is 0 Å². The summed E-state index contributed by atoms with van der Waals surface area (Å²) < 4.78 is 6.85. The number of nitrogens with zero attached hydrogens (tertiary/aromatic N) is 2. The van der Waals surface area contributed by atoms with Gasteiger partial charge in [0.05, 0.1) is 17.0 Å². The molecule has 0 saturated carbocycles. The van der Waals surface area contributed by atoms with Crippen LogP contribution < -0.4 is 10.3 Å².